The number of amides is 1. The standard InChI is InChI=1S/C21H17Cl2N3O2/c1-12(27)26-20(11-19(25-26)13-3-6-15(22)7-4-13)17-9-14-5-8-16(28-2)10-18(14)24-21(17)23/h3-10,20H,11H2,1-2H3/t20-/m1/s1. The van der Waals surface area contributed by atoms with E-state index in [1.165, 1.54) is 11.9 Å². The lowest BCUT2D eigenvalue weighted by molar-refractivity contribution is -0.130. The number of rotatable bonds is 3. The maximum atomic E-state index is 12.2. The lowest BCUT2D eigenvalue weighted by Gasteiger charge is -2.21. The monoisotopic (exact) mass is 413 g/mol. The van der Waals surface area contributed by atoms with E-state index in [4.69, 9.17) is 27.9 Å². The van der Waals surface area contributed by atoms with Gasteiger partial charge in [-0.3, -0.25) is 4.79 Å². The Hall–Kier alpha value is -2.63. The summed E-state index contributed by atoms with van der Waals surface area (Å²) in [6, 6.07) is 14.7. The molecule has 142 valence electrons. The summed E-state index contributed by atoms with van der Waals surface area (Å²) in [6.07, 6.45) is 0.546. The van der Waals surface area contributed by atoms with Crippen molar-refractivity contribution in [3.63, 3.8) is 0 Å². The minimum atomic E-state index is -0.310. The van der Waals surface area contributed by atoms with E-state index in [1.54, 1.807) is 7.11 Å². The second-order valence-corrected chi connectivity index (χ2v) is 7.36. The van der Waals surface area contributed by atoms with Gasteiger partial charge in [-0.05, 0) is 35.9 Å². The van der Waals surface area contributed by atoms with E-state index >= 15 is 0 Å². The number of carbonyl (C=O) groups is 1. The van der Waals surface area contributed by atoms with Crippen LogP contribution in [0.5, 0.6) is 5.75 Å². The normalized spacial score (nSPS) is 16.4. The van der Waals surface area contributed by atoms with Gasteiger partial charge in [0.2, 0.25) is 5.91 Å². The van der Waals surface area contributed by atoms with Crippen molar-refractivity contribution in [2.24, 2.45) is 5.10 Å². The molecule has 4 rings (SSSR count). The van der Waals surface area contributed by atoms with Crippen molar-refractivity contribution < 1.29 is 9.53 Å². The minimum absolute atomic E-state index is 0.153. The molecule has 0 spiro atoms. The summed E-state index contributed by atoms with van der Waals surface area (Å²) in [6.45, 7) is 1.49. The maximum absolute atomic E-state index is 12.2. The van der Waals surface area contributed by atoms with Gasteiger partial charge in [0.05, 0.1) is 24.4 Å². The molecular formula is C21H17Cl2N3O2. The van der Waals surface area contributed by atoms with E-state index in [0.717, 1.165) is 27.7 Å². The summed E-state index contributed by atoms with van der Waals surface area (Å²) in [7, 11) is 1.61. The molecule has 1 amide bonds. The molecule has 0 saturated heterocycles. The summed E-state index contributed by atoms with van der Waals surface area (Å²) >= 11 is 12.5. The molecule has 2 heterocycles. The van der Waals surface area contributed by atoms with Crippen LogP contribution in [0.2, 0.25) is 10.2 Å². The third-order valence-electron chi connectivity index (χ3n) is 4.77. The molecule has 5 nitrogen and oxygen atoms in total. The highest BCUT2D eigenvalue weighted by molar-refractivity contribution is 6.31. The van der Waals surface area contributed by atoms with E-state index in [2.05, 4.69) is 10.1 Å². The van der Waals surface area contributed by atoms with Crippen molar-refractivity contribution in [2.45, 2.75) is 19.4 Å². The predicted octanol–water partition coefficient (Wildman–Crippen LogP) is 5.25. The van der Waals surface area contributed by atoms with Crippen LogP contribution in [0.3, 0.4) is 0 Å². The zero-order valence-corrected chi connectivity index (χ0v) is 16.8. The highest BCUT2D eigenvalue weighted by Crippen LogP contribution is 2.37. The van der Waals surface area contributed by atoms with Gasteiger partial charge in [-0.25, -0.2) is 9.99 Å². The zero-order chi connectivity index (χ0) is 19.8. The number of ether oxygens (including phenoxy) is 1. The number of benzene rings is 2. The van der Waals surface area contributed by atoms with Crippen LogP contribution in [0, 0.1) is 0 Å². The van der Waals surface area contributed by atoms with Crippen molar-refractivity contribution in [1.82, 2.24) is 9.99 Å². The largest absolute Gasteiger partial charge is 0.497 e. The number of aromatic nitrogens is 1. The molecule has 1 aliphatic rings. The number of nitrogens with zero attached hydrogens (tertiary/aromatic N) is 3. The molecule has 0 saturated carbocycles. The third kappa shape index (κ3) is 3.43. The molecule has 0 fully saturated rings. The first-order valence-corrected chi connectivity index (χ1v) is 9.49. The number of hydrogen-bond donors (Lipinski definition) is 0. The fourth-order valence-corrected chi connectivity index (χ4v) is 3.76. The predicted molar refractivity (Wildman–Crippen MR) is 111 cm³/mol. The van der Waals surface area contributed by atoms with Crippen LogP contribution in [0.25, 0.3) is 10.9 Å². The highest BCUT2D eigenvalue weighted by atomic mass is 35.5. The van der Waals surface area contributed by atoms with Gasteiger partial charge in [0.25, 0.3) is 0 Å². The second kappa shape index (κ2) is 7.41. The second-order valence-electron chi connectivity index (χ2n) is 6.56. The molecule has 7 heteroatoms. The molecule has 1 aliphatic heterocycles. The summed E-state index contributed by atoms with van der Waals surface area (Å²) in [5.41, 5.74) is 3.23. The molecule has 3 aromatic rings. The van der Waals surface area contributed by atoms with E-state index in [9.17, 15) is 4.79 Å². The molecule has 1 atom stereocenters. The minimum Gasteiger partial charge on any atom is -0.497 e. The van der Waals surface area contributed by atoms with E-state index < -0.39 is 0 Å². The average Bonchev–Trinajstić information content (AvgIpc) is 3.13. The van der Waals surface area contributed by atoms with E-state index in [-0.39, 0.29) is 11.9 Å². The number of fused-ring (bicyclic) bond motifs is 1. The van der Waals surface area contributed by atoms with Crippen molar-refractivity contribution in [3.8, 4) is 5.75 Å². The number of carbonyl (C=O) groups excluding carboxylic acids is 1. The number of methoxy groups -OCH3 is 1. The first kappa shape index (κ1) is 18.7. The molecule has 28 heavy (non-hydrogen) atoms. The molecular weight excluding hydrogens is 397 g/mol. The Morgan fingerprint density at radius 2 is 1.89 bits per heavy atom. The number of halogens is 2. The Morgan fingerprint density at radius 3 is 2.57 bits per heavy atom. The van der Waals surface area contributed by atoms with E-state index in [1.807, 2.05) is 48.5 Å². The van der Waals surface area contributed by atoms with Crippen molar-refractivity contribution in [1.29, 1.82) is 0 Å². The van der Waals surface area contributed by atoms with Crippen molar-refractivity contribution in [3.05, 3.63) is 69.8 Å². The molecule has 1 aromatic heterocycles. The maximum Gasteiger partial charge on any atom is 0.240 e. The van der Waals surface area contributed by atoms with Gasteiger partial charge in [-0.15, -0.1) is 0 Å². The third-order valence-corrected chi connectivity index (χ3v) is 5.33. The van der Waals surface area contributed by atoms with E-state index in [0.29, 0.717) is 22.3 Å². The molecule has 0 N–H and O–H groups in total. The summed E-state index contributed by atoms with van der Waals surface area (Å²) in [4.78, 5) is 16.7. The highest BCUT2D eigenvalue weighted by Gasteiger charge is 2.33. The Bertz CT molecular complexity index is 1100. The Morgan fingerprint density at radius 1 is 1.14 bits per heavy atom. The first-order chi connectivity index (χ1) is 13.5. The van der Waals surface area contributed by atoms with Gasteiger partial charge < -0.3 is 4.74 Å². The quantitative estimate of drug-likeness (QED) is 0.551. The van der Waals surface area contributed by atoms with Gasteiger partial charge >= 0.3 is 0 Å². The van der Waals surface area contributed by atoms with Crippen LogP contribution in [0.15, 0.2) is 53.6 Å². The topological polar surface area (TPSA) is 54.8 Å². The lowest BCUT2D eigenvalue weighted by atomic mass is 9.98. The molecule has 0 unspecified atom stereocenters. The van der Waals surface area contributed by atoms with Gasteiger partial charge in [0.1, 0.15) is 10.9 Å². The molecule has 2 aromatic carbocycles. The van der Waals surface area contributed by atoms with Crippen LogP contribution >= 0.6 is 23.2 Å². The van der Waals surface area contributed by atoms with Crippen LogP contribution in [-0.4, -0.2) is 28.7 Å². The first-order valence-electron chi connectivity index (χ1n) is 8.73. The van der Waals surface area contributed by atoms with Crippen LogP contribution < -0.4 is 4.74 Å². The summed E-state index contributed by atoms with van der Waals surface area (Å²) in [5, 5.41) is 7.94. The molecule has 0 bridgehead atoms. The summed E-state index contributed by atoms with van der Waals surface area (Å²) < 4.78 is 5.25. The number of hydrogen-bond acceptors (Lipinski definition) is 4. The Labute approximate surface area is 172 Å². The molecule has 0 radical (unpaired) electrons. The van der Waals surface area contributed by atoms with Crippen LogP contribution in [0.1, 0.15) is 30.5 Å². The SMILES string of the molecule is COc1ccc2cc([C@H]3CC(c4ccc(Cl)cc4)=NN3C(C)=O)c(Cl)nc2c1. The lowest BCUT2D eigenvalue weighted by Crippen LogP contribution is -2.24. The van der Waals surface area contributed by atoms with Crippen molar-refractivity contribution in [2.75, 3.05) is 7.11 Å². The number of hydrazone groups is 1. The fourth-order valence-electron chi connectivity index (χ4n) is 3.36. The average molecular weight is 414 g/mol. The Kier molecular flexibility index (Phi) is 4.96. The van der Waals surface area contributed by atoms with Gasteiger partial charge in [0, 0.05) is 35.4 Å². The Balaban J connectivity index is 1.74. The van der Waals surface area contributed by atoms with Gasteiger partial charge in [-0.2, -0.15) is 5.10 Å². The fraction of sp³-hybridized carbons (Fsp3) is 0.190. The van der Waals surface area contributed by atoms with Crippen molar-refractivity contribution >= 4 is 45.7 Å². The molecule has 0 aliphatic carbocycles. The van der Waals surface area contributed by atoms with Gasteiger partial charge in [-0.1, -0.05) is 35.3 Å². The van der Waals surface area contributed by atoms with Gasteiger partial charge in [0.15, 0.2) is 0 Å². The van der Waals surface area contributed by atoms with Crippen LogP contribution in [0.4, 0.5) is 0 Å². The zero-order valence-electron chi connectivity index (χ0n) is 15.3. The summed E-state index contributed by atoms with van der Waals surface area (Å²) in [5.74, 6) is 0.559. The smallest absolute Gasteiger partial charge is 0.240 e. The number of pyridine rings is 1. The van der Waals surface area contributed by atoms with Crippen LogP contribution in [-0.2, 0) is 4.79 Å².